The number of fused-ring (bicyclic) bond motifs is 5. The van der Waals surface area contributed by atoms with E-state index in [0.29, 0.717) is 24.2 Å². The van der Waals surface area contributed by atoms with E-state index in [0.717, 1.165) is 25.2 Å². The normalized spacial score (nSPS) is 57.9. The second-order valence-corrected chi connectivity index (χ2v) is 9.28. The molecule has 3 nitrogen and oxygen atoms in total. The molecule has 8 atom stereocenters. The molecule has 4 aliphatic carbocycles. The molecule has 0 aromatic rings. The van der Waals surface area contributed by atoms with Gasteiger partial charge in [-0.25, -0.2) is 0 Å². The van der Waals surface area contributed by atoms with Crippen molar-refractivity contribution in [1.29, 1.82) is 0 Å². The number of rotatable bonds is 0. The van der Waals surface area contributed by atoms with Crippen LogP contribution in [0.5, 0.6) is 0 Å². The smallest absolute Gasteiger partial charge is 0.149 e. The van der Waals surface area contributed by atoms with Crippen molar-refractivity contribution < 1.29 is 9.90 Å². The van der Waals surface area contributed by atoms with Gasteiger partial charge in [-0.3, -0.25) is 4.79 Å². The minimum Gasteiger partial charge on any atom is -0.393 e. The zero-order valence-corrected chi connectivity index (χ0v) is 14.1. The molecule has 4 aliphatic rings. The van der Waals surface area contributed by atoms with Crippen molar-refractivity contribution in [2.45, 2.75) is 77.4 Å². The maximum absolute atomic E-state index is 12.1. The van der Waals surface area contributed by atoms with Gasteiger partial charge in [-0.2, -0.15) is 0 Å². The van der Waals surface area contributed by atoms with Crippen molar-refractivity contribution in [2.24, 2.45) is 40.2 Å². The maximum atomic E-state index is 12.1. The number of Topliss-reactive ketones (excluding diaryl/α,β-unsaturated/α-hetero) is 1. The van der Waals surface area contributed by atoms with Gasteiger partial charge in [-0.05, 0) is 79.4 Å². The summed E-state index contributed by atoms with van der Waals surface area (Å²) >= 11 is 0. The molecule has 4 rings (SSSR count). The van der Waals surface area contributed by atoms with Crippen LogP contribution in [0.1, 0.15) is 65.2 Å². The first-order chi connectivity index (χ1) is 10.4. The molecule has 0 bridgehead atoms. The van der Waals surface area contributed by atoms with Crippen molar-refractivity contribution in [3.8, 4) is 0 Å². The van der Waals surface area contributed by atoms with Crippen molar-refractivity contribution in [3.05, 3.63) is 0 Å². The summed E-state index contributed by atoms with van der Waals surface area (Å²) in [6.45, 7) is 4.75. The molecule has 3 N–H and O–H groups in total. The summed E-state index contributed by atoms with van der Waals surface area (Å²) in [7, 11) is 0. The van der Waals surface area contributed by atoms with Crippen LogP contribution < -0.4 is 5.73 Å². The molecule has 4 saturated carbocycles. The Bertz CT molecular complexity index is 492. The molecule has 0 aliphatic heterocycles. The molecule has 0 aromatic carbocycles. The number of nitrogens with two attached hydrogens (primary N) is 1. The zero-order chi connectivity index (χ0) is 15.7. The van der Waals surface area contributed by atoms with Gasteiger partial charge >= 0.3 is 0 Å². The Kier molecular flexibility index (Phi) is 3.30. The van der Waals surface area contributed by atoms with E-state index in [9.17, 15) is 9.90 Å². The van der Waals surface area contributed by atoms with E-state index in [-0.39, 0.29) is 28.8 Å². The highest BCUT2D eigenvalue weighted by atomic mass is 16.3. The highest BCUT2D eigenvalue weighted by Crippen LogP contribution is 2.65. The van der Waals surface area contributed by atoms with Gasteiger partial charge in [-0.1, -0.05) is 13.8 Å². The van der Waals surface area contributed by atoms with E-state index in [2.05, 4.69) is 13.8 Å². The second kappa shape index (κ2) is 4.80. The van der Waals surface area contributed by atoms with Gasteiger partial charge in [0, 0.05) is 6.42 Å². The molecular weight excluding hydrogens is 274 g/mol. The number of aliphatic hydroxyl groups is 1. The fourth-order valence-electron chi connectivity index (χ4n) is 7.14. The predicted molar refractivity (Wildman–Crippen MR) is 86.1 cm³/mol. The minimum absolute atomic E-state index is 0.0980. The molecule has 3 heteroatoms. The van der Waals surface area contributed by atoms with Crippen LogP contribution in [0, 0.1) is 34.5 Å². The topological polar surface area (TPSA) is 63.3 Å². The number of carbonyl (C=O) groups is 1. The molecule has 8 unspecified atom stereocenters. The van der Waals surface area contributed by atoms with Gasteiger partial charge in [0.25, 0.3) is 0 Å². The number of hydrogen-bond acceptors (Lipinski definition) is 3. The molecule has 0 spiro atoms. The van der Waals surface area contributed by atoms with Crippen molar-refractivity contribution in [1.82, 2.24) is 0 Å². The first-order valence-electron chi connectivity index (χ1n) is 9.32. The summed E-state index contributed by atoms with van der Waals surface area (Å²) in [6, 6.07) is -0.234. The Morgan fingerprint density at radius 1 is 1.05 bits per heavy atom. The number of aliphatic hydroxyl groups excluding tert-OH is 1. The summed E-state index contributed by atoms with van der Waals surface area (Å²) in [4.78, 5) is 12.1. The fourth-order valence-corrected chi connectivity index (χ4v) is 7.14. The van der Waals surface area contributed by atoms with E-state index >= 15 is 0 Å². The first kappa shape index (κ1) is 15.1. The van der Waals surface area contributed by atoms with Crippen LogP contribution in [-0.2, 0) is 4.79 Å². The molecule has 22 heavy (non-hydrogen) atoms. The van der Waals surface area contributed by atoms with Crippen LogP contribution in [0.4, 0.5) is 0 Å². The van der Waals surface area contributed by atoms with Gasteiger partial charge in [0.05, 0.1) is 12.1 Å². The Morgan fingerprint density at radius 3 is 2.55 bits per heavy atom. The van der Waals surface area contributed by atoms with Crippen molar-refractivity contribution in [2.75, 3.05) is 0 Å². The summed E-state index contributed by atoms with van der Waals surface area (Å²) < 4.78 is 0. The lowest BCUT2D eigenvalue weighted by atomic mass is 9.45. The van der Waals surface area contributed by atoms with Gasteiger partial charge in [0.1, 0.15) is 5.78 Å². The molecular formula is C19H31NO2. The second-order valence-electron chi connectivity index (χ2n) is 9.28. The summed E-state index contributed by atoms with van der Waals surface area (Å²) in [5.74, 6) is 2.99. The van der Waals surface area contributed by atoms with Gasteiger partial charge < -0.3 is 10.8 Å². The third kappa shape index (κ3) is 1.84. The highest BCUT2D eigenvalue weighted by Gasteiger charge is 2.60. The molecule has 0 amide bonds. The van der Waals surface area contributed by atoms with Crippen molar-refractivity contribution >= 4 is 5.78 Å². The summed E-state index contributed by atoms with van der Waals surface area (Å²) in [6.07, 6.45) is 8.54. The van der Waals surface area contributed by atoms with Gasteiger partial charge in [0.15, 0.2) is 0 Å². The molecule has 0 saturated heterocycles. The predicted octanol–water partition coefficient (Wildman–Crippen LogP) is 2.90. The Labute approximate surface area is 134 Å². The highest BCUT2D eigenvalue weighted by molar-refractivity contribution is 5.85. The standard InChI is InChI=1S/C19H31NO2/c1-18-8-7-14-12(13(18)5-6-17(18)22)4-3-11-9-16(21)15(20)10-19(11,14)2/h11-15,17,22H,3-10,20H2,1-2H3. The monoisotopic (exact) mass is 305 g/mol. The van der Waals surface area contributed by atoms with Crippen LogP contribution >= 0.6 is 0 Å². The Morgan fingerprint density at radius 2 is 1.77 bits per heavy atom. The van der Waals surface area contributed by atoms with Crippen LogP contribution in [0.2, 0.25) is 0 Å². The lowest BCUT2D eigenvalue weighted by molar-refractivity contribution is -0.144. The van der Waals surface area contributed by atoms with Crippen molar-refractivity contribution in [3.63, 3.8) is 0 Å². The Hall–Kier alpha value is -0.410. The molecule has 0 aromatic heterocycles. The third-order valence-corrected chi connectivity index (χ3v) is 8.54. The van der Waals surface area contributed by atoms with Gasteiger partial charge in [-0.15, -0.1) is 0 Å². The number of hydrogen-bond donors (Lipinski definition) is 2. The largest absolute Gasteiger partial charge is 0.393 e. The van der Waals surface area contributed by atoms with E-state index in [1.54, 1.807) is 0 Å². The zero-order valence-electron chi connectivity index (χ0n) is 14.1. The lowest BCUT2D eigenvalue weighted by Crippen LogP contribution is -2.57. The SMILES string of the molecule is CC12CCC3C(CCC4CC(=O)C(N)CC43C)C1CCC2O. The maximum Gasteiger partial charge on any atom is 0.149 e. The lowest BCUT2D eigenvalue weighted by Gasteiger charge is -2.60. The van der Waals surface area contributed by atoms with Crippen LogP contribution in [0.15, 0.2) is 0 Å². The van der Waals surface area contributed by atoms with Crippen LogP contribution in [0.25, 0.3) is 0 Å². The van der Waals surface area contributed by atoms with E-state index in [1.165, 1.54) is 25.7 Å². The molecule has 124 valence electrons. The van der Waals surface area contributed by atoms with E-state index in [4.69, 9.17) is 5.73 Å². The average Bonchev–Trinajstić information content (AvgIpc) is 2.77. The quantitative estimate of drug-likeness (QED) is 0.723. The van der Waals surface area contributed by atoms with E-state index in [1.807, 2.05) is 0 Å². The fraction of sp³-hybridized carbons (Fsp3) is 0.947. The molecule has 4 fully saturated rings. The van der Waals surface area contributed by atoms with E-state index < -0.39 is 0 Å². The Balaban J connectivity index is 1.65. The summed E-state index contributed by atoms with van der Waals surface area (Å²) in [5, 5.41) is 10.5. The van der Waals surface area contributed by atoms with Gasteiger partial charge in [0.2, 0.25) is 0 Å². The molecule has 0 heterocycles. The summed E-state index contributed by atoms with van der Waals surface area (Å²) in [5.41, 5.74) is 6.56. The van der Waals surface area contributed by atoms with Crippen LogP contribution in [0.3, 0.4) is 0 Å². The molecule has 0 radical (unpaired) electrons. The van der Waals surface area contributed by atoms with Crippen LogP contribution in [-0.4, -0.2) is 23.0 Å². The number of ketones is 1. The first-order valence-corrected chi connectivity index (χ1v) is 9.32. The third-order valence-electron chi connectivity index (χ3n) is 8.54. The minimum atomic E-state index is -0.234. The number of carbonyl (C=O) groups excluding carboxylic acids is 1. The average molecular weight is 305 g/mol.